The van der Waals surface area contributed by atoms with Crippen molar-refractivity contribution in [2.75, 3.05) is 32.8 Å². The molecule has 7 rings (SSSR count). The number of likely N-dealkylation sites (tertiary alicyclic amines) is 2. The van der Waals surface area contributed by atoms with E-state index < -0.39 is 0 Å². The molecule has 3 aliphatic heterocycles. The van der Waals surface area contributed by atoms with Crippen molar-refractivity contribution in [2.45, 2.75) is 43.6 Å². The normalized spacial score (nSPS) is 23.6. The molecule has 0 bridgehead atoms. The Kier molecular flexibility index (Phi) is 5.77. The first-order valence-corrected chi connectivity index (χ1v) is 13.9. The van der Waals surface area contributed by atoms with Gasteiger partial charge in [-0.3, -0.25) is 9.59 Å². The lowest BCUT2D eigenvalue weighted by Crippen LogP contribution is -2.48. The highest BCUT2D eigenvalue weighted by Crippen LogP contribution is 2.47. The van der Waals surface area contributed by atoms with E-state index in [1.807, 2.05) is 9.80 Å². The summed E-state index contributed by atoms with van der Waals surface area (Å²) >= 11 is 0. The third-order valence-corrected chi connectivity index (χ3v) is 9.15. The lowest BCUT2D eigenvalue weighted by molar-refractivity contribution is -0.137. The van der Waals surface area contributed by atoms with E-state index in [2.05, 4.69) is 70.9 Å². The predicted molar refractivity (Wildman–Crippen MR) is 147 cm³/mol. The van der Waals surface area contributed by atoms with Crippen molar-refractivity contribution in [3.63, 3.8) is 0 Å². The monoisotopic (exact) mass is 510 g/mol. The number of aromatic nitrogens is 2. The van der Waals surface area contributed by atoms with Crippen molar-refractivity contribution >= 4 is 33.6 Å². The van der Waals surface area contributed by atoms with Crippen LogP contribution >= 0.6 is 0 Å². The number of nitrogens with one attached hydrogen (secondary N) is 2. The second-order valence-electron chi connectivity index (χ2n) is 11.2. The molecule has 0 unspecified atom stereocenters. The maximum Gasteiger partial charge on any atom is 0.227 e. The highest BCUT2D eigenvalue weighted by atomic mass is 16.5. The van der Waals surface area contributed by atoms with Gasteiger partial charge < -0.3 is 24.5 Å². The smallest absolute Gasteiger partial charge is 0.227 e. The molecule has 196 valence electrons. The second kappa shape index (κ2) is 9.31. The molecule has 3 aliphatic rings. The Balaban J connectivity index is 1.15. The number of fused-ring (bicyclic) bond motifs is 2. The number of nitrogens with zero attached hydrogens (tertiary/aromatic N) is 2. The highest BCUT2D eigenvalue weighted by molar-refractivity contribution is 5.91. The Labute approximate surface area is 222 Å². The zero-order valence-corrected chi connectivity index (χ0v) is 21.6. The maximum atomic E-state index is 13.6. The number of benzene rings is 2. The van der Waals surface area contributed by atoms with Gasteiger partial charge in [0.1, 0.15) is 0 Å². The first-order chi connectivity index (χ1) is 18.6. The van der Waals surface area contributed by atoms with Crippen LogP contribution in [0, 0.1) is 5.92 Å². The second-order valence-corrected chi connectivity index (χ2v) is 11.2. The van der Waals surface area contributed by atoms with Gasteiger partial charge >= 0.3 is 0 Å². The number of hydrogen-bond acceptors (Lipinski definition) is 3. The fourth-order valence-corrected chi connectivity index (χ4v) is 7.13. The number of aromatic amines is 2. The lowest BCUT2D eigenvalue weighted by atomic mass is 9.67. The van der Waals surface area contributed by atoms with Crippen LogP contribution in [-0.2, 0) is 19.7 Å². The summed E-state index contributed by atoms with van der Waals surface area (Å²) in [6.07, 6.45) is 8.50. The van der Waals surface area contributed by atoms with Crippen LogP contribution in [0.2, 0.25) is 0 Å². The van der Waals surface area contributed by atoms with Gasteiger partial charge in [0, 0.05) is 78.8 Å². The Morgan fingerprint density at radius 1 is 0.947 bits per heavy atom. The number of para-hydroxylation sites is 2. The molecule has 2 aromatic heterocycles. The van der Waals surface area contributed by atoms with E-state index >= 15 is 0 Å². The number of amides is 2. The van der Waals surface area contributed by atoms with Crippen molar-refractivity contribution in [1.82, 2.24) is 19.8 Å². The summed E-state index contributed by atoms with van der Waals surface area (Å²) in [7, 11) is 0. The highest BCUT2D eigenvalue weighted by Gasteiger charge is 2.44. The summed E-state index contributed by atoms with van der Waals surface area (Å²) in [5.74, 6) is -0.0417. The van der Waals surface area contributed by atoms with E-state index in [0.717, 1.165) is 43.3 Å². The molecule has 2 amide bonds. The molecular weight excluding hydrogens is 476 g/mol. The van der Waals surface area contributed by atoms with Crippen LogP contribution in [0.4, 0.5) is 0 Å². The number of ether oxygens (including phenoxy) is 1. The first kappa shape index (κ1) is 23.5. The average molecular weight is 511 g/mol. The molecule has 2 N–H and O–H groups in total. The van der Waals surface area contributed by atoms with E-state index in [1.54, 1.807) is 0 Å². The standard InChI is InChI=1S/C31H34N4O3/c36-29-16-21(19-35(29)20-22-6-5-15-38-22)30(37)34-13-11-31(12-14-34,25-17-32-27-9-3-1-7-23(25)27)26-18-33-28-10-4-2-8-24(26)28/h1-4,7-10,17-18,21-22,32-33H,5-6,11-16,19-20H2/t21-,22-/m1/s1. The number of carbonyl (C=O) groups excluding carboxylic acids is 2. The van der Waals surface area contributed by atoms with Crippen LogP contribution in [0.1, 0.15) is 43.2 Å². The molecule has 0 radical (unpaired) electrons. The Morgan fingerprint density at radius 3 is 2.18 bits per heavy atom. The summed E-state index contributed by atoms with van der Waals surface area (Å²) in [6.45, 7) is 3.26. The van der Waals surface area contributed by atoms with Gasteiger partial charge in [0.05, 0.1) is 12.0 Å². The molecule has 0 aliphatic carbocycles. The molecule has 7 nitrogen and oxygen atoms in total. The molecule has 3 saturated heterocycles. The minimum absolute atomic E-state index is 0.0859. The van der Waals surface area contributed by atoms with Crippen LogP contribution in [0.15, 0.2) is 60.9 Å². The van der Waals surface area contributed by atoms with E-state index in [0.29, 0.717) is 32.6 Å². The fraction of sp³-hybridized carbons (Fsp3) is 0.419. The average Bonchev–Trinajstić information content (AvgIpc) is 3.76. The van der Waals surface area contributed by atoms with Crippen LogP contribution in [0.3, 0.4) is 0 Å². The minimum Gasteiger partial charge on any atom is -0.376 e. The Hall–Kier alpha value is -3.58. The van der Waals surface area contributed by atoms with Crippen LogP contribution in [0.25, 0.3) is 21.8 Å². The van der Waals surface area contributed by atoms with Gasteiger partial charge in [-0.15, -0.1) is 0 Å². The summed E-state index contributed by atoms with van der Waals surface area (Å²) in [5, 5.41) is 2.48. The molecule has 7 heteroatoms. The maximum absolute atomic E-state index is 13.6. The van der Waals surface area contributed by atoms with Crippen molar-refractivity contribution in [2.24, 2.45) is 5.92 Å². The summed E-state index contributed by atoms with van der Waals surface area (Å²) in [4.78, 5) is 37.2. The number of H-pyrrole nitrogens is 2. The topological polar surface area (TPSA) is 81.4 Å². The lowest BCUT2D eigenvalue weighted by Gasteiger charge is -2.43. The van der Waals surface area contributed by atoms with E-state index in [1.165, 1.54) is 21.9 Å². The SMILES string of the molecule is O=C1C[C@@H](C(=O)N2CCC(c3c[nH]c4ccccc34)(c3c[nH]c4ccccc34)CC2)CN1C[C@H]1CCCO1. The molecule has 0 saturated carbocycles. The van der Waals surface area contributed by atoms with Gasteiger partial charge in [-0.05, 0) is 48.9 Å². The molecule has 0 spiro atoms. The van der Waals surface area contributed by atoms with Crippen LogP contribution in [0.5, 0.6) is 0 Å². The van der Waals surface area contributed by atoms with Gasteiger partial charge in [-0.25, -0.2) is 0 Å². The summed E-state index contributed by atoms with van der Waals surface area (Å²) in [5.41, 5.74) is 4.65. The van der Waals surface area contributed by atoms with Crippen LogP contribution < -0.4 is 0 Å². The van der Waals surface area contributed by atoms with Gasteiger partial charge in [-0.1, -0.05) is 36.4 Å². The molecule has 5 heterocycles. The zero-order valence-electron chi connectivity index (χ0n) is 21.6. The van der Waals surface area contributed by atoms with Crippen molar-refractivity contribution in [3.8, 4) is 0 Å². The van der Waals surface area contributed by atoms with Crippen molar-refractivity contribution < 1.29 is 14.3 Å². The molecule has 2 atom stereocenters. The Morgan fingerprint density at radius 2 is 1.58 bits per heavy atom. The minimum atomic E-state index is -0.252. The molecule has 3 fully saturated rings. The predicted octanol–water partition coefficient (Wildman–Crippen LogP) is 4.59. The van der Waals surface area contributed by atoms with E-state index in [9.17, 15) is 9.59 Å². The number of carbonyl (C=O) groups is 2. The molecule has 4 aromatic rings. The van der Waals surface area contributed by atoms with Crippen LogP contribution in [-0.4, -0.2) is 70.5 Å². The molecular formula is C31H34N4O3. The molecule has 2 aromatic carbocycles. The van der Waals surface area contributed by atoms with Gasteiger partial charge in [0.2, 0.25) is 11.8 Å². The summed E-state index contributed by atoms with van der Waals surface area (Å²) < 4.78 is 5.74. The summed E-state index contributed by atoms with van der Waals surface area (Å²) in [6, 6.07) is 17.0. The fourth-order valence-electron chi connectivity index (χ4n) is 7.13. The first-order valence-electron chi connectivity index (χ1n) is 13.9. The van der Waals surface area contributed by atoms with Crippen molar-refractivity contribution in [1.29, 1.82) is 0 Å². The zero-order chi connectivity index (χ0) is 25.7. The Bertz CT molecular complexity index is 1410. The van der Waals surface area contributed by atoms with E-state index in [-0.39, 0.29) is 29.3 Å². The number of piperidine rings is 1. The third kappa shape index (κ3) is 3.83. The molecule has 38 heavy (non-hydrogen) atoms. The van der Waals surface area contributed by atoms with E-state index in [4.69, 9.17) is 4.74 Å². The number of rotatable bonds is 5. The largest absolute Gasteiger partial charge is 0.376 e. The van der Waals surface area contributed by atoms with Gasteiger partial charge in [0.15, 0.2) is 0 Å². The third-order valence-electron chi connectivity index (χ3n) is 9.15. The number of hydrogen-bond donors (Lipinski definition) is 2. The van der Waals surface area contributed by atoms with Crippen molar-refractivity contribution in [3.05, 3.63) is 72.1 Å². The van der Waals surface area contributed by atoms with Gasteiger partial charge in [-0.2, -0.15) is 0 Å². The quantitative estimate of drug-likeness (QED) is 0.412. The van der Waals surface area contributed by atoms with Gasteiger partial charge in [0.25, 0.3) is 0 Å².